The molecule has 0 aromatic carbocycles. The molecule has 1 fully saturated rings. The molecule has 0 aliphatic heterocycles. The third kappa shape index (κ3) is 1.37. The minimum Gasteiger partial charge on any atom is -0.397 e. The predicted octanol–water partition coefficient (Wildman–Crippen LogP) is 2.21. The molecule has 0 bridgehead atoms. The Balaban J connectivity index is 2.14. The monoisotopic (exact) mass is 216 g/mol. The van der Waals surface area contributed by atoms with Crippen molar-refractivity contribution in [3.05, 3.63) is 18.1 Å². The van der Waals surface area contributed by atoms with Crippen molar-refractivity contribution < 1.29 is 0 Å². The highest BCUT2D eigenvalue weighted by atomic mass is 15.1. The zero-order valence-electron chi connectivity index (χ0n) is 9.48. The van der Waals surface area contributed by atoms with Crippen LogP contribution in [0, 0.1) is 0 Å². The summed E-state index contributed by atoms with van der Waals surface area (Å²) < 4.78 is 2.12. The van der Waals surface area contributed by atoms with E-state index in [0.717, 1.165) is 11.2 Å². The summed E-state index contributed by atoms with van der Waals surface area (Å²) in [6.07, 6.45) is 6.86. The van der Waals surface area contributed by atoms with Crippen molar-refractivity contribution in [2.24, 2.45) is 7.05 Å². The lowest BCUT2D eigenvalue weighted by Crippen LogP contribution is -2.02. The number of nitrogens with zero attached hydrogens (tertiary/aromatic N) is 3. The fourth-order valence-corrected chi connectivity index (χ4v) is 2.66. The van der Waals surface area contributed by atoms with Gasteiger partial charge in [-0.05, 0) is 18.9 Å². The van der Waals surface area contributed by atoms with Crippen LogP contribution in [-0.4, -0.2) is 14.5 Å². The van der Waals surface area contributed by atoms with Crippen molar-refractivity contribution in [3.8, 4) is 0 Å². The van der Waals surface area contributed by atoms with E-state index in [1.54, 1.807) is 6.20 Å². The maximum atomic E-state index is 5.72. The molecule has 0 atom stereocenters. The van der Waals surface area contributed by atoms with E-state index in [4.69, 9.17) is 5.73 Å². The topological polar surface area (TPSA) is 56.7 Å². The first-order valence-corrected chi connectivity index (χ1v) is 5.83. The fraction of sp³-hybridized carbons (Fsp3) is 0.500. The number of rotatable bonds is 1. The second-order valence-corrected chi connectivity index (χ2v) is 4.62. The highest BCUT2D eigenvalue weighted by Crippen LogP contribution is 2.34. The Morgan fingerprint density at radius 2 is 2.12 bits per heavy atom. The Morgan fingerprint density at radius 3 is 2.88 bits per heavy atom. The van der Waals surface area contributed by atoms with E-state index in [-0.39, 0.29) is 0 Å². The summed E-state index contributed by atoms with van der Waals surface area (Å²) >= 11 is 0. The van der Waals surface area contributed by atoms with Crippen LogP contribution in [-0.2, 0) is 7.05 Å². The molecular formula is C12H16N4. The van der Waals surface area contributed by atoms with Crippen molar-refractivity contribution in [1.29, 1.82) is 0 Å². The van der Waals surface area contributed by atoms with Gasteiger partial charge < -0.3 is 10.3 Å². The normalized spacial score (nSPS) is 17.3. The molecule has 1 aliphatic rings. The van der Waals surface area contributed by atoms with Crippen molar-refractivity contribution in [1.82, 2.24) is 14.5 Å². The van der Waals surface area contributed by atoms with E-state index < -0.39 is 0 Å². The van der Waals surface area contributed by atoms with Gasteiger partial charge in [-0.1, -0.05) is 12.8 Å². The van der Waals surface area contributed by atoms with Crippen LogP contribution < -0.4 is 5.73 Å². The first kappa shape index (κ1) is 9.63. The number of aromatic nitrogens is 3. The average molecular weight is 216 g/mol. The number of imidazole rings is 1. The summed E-state index contributed by atoms with van der Waals surface area (Å²) in [4.78, 5) is 9.02. The second kappa shape index (κ2) is 3.47. The first-order chi connectivity index (χ1) is 7.75. The van der Waals surface area contributed by atoms with E-state index >= 15 is 0 Å². The molecule has 0 spiro atoms. The van der Waals surface area contributed by atoms with Gasteiger partial charge in [0.15, 0.2) is 5.65 Å². The van der Waals surface area contributed by atoms with Crippen LogP contribution in [0.4, 0.5) is 5.69 Å². The van der Waals surface area contributed by atoms with Gasteiger partial charge in [-0.25, -0.2) is 9.97 Å². The Bertz CT molecular complexity index is 523. The lowest BCUT2D eigenvalue weighted by molar-refractivity contribution is 0.637. The van der Waals surface area contributed by atoms with Gasteiger partial charge in [0.05, 0.1) is 11.9 Å². The molecule has 1 saturated carbocycles. The van der Waals surface area contributed by atoms with Gasteiger partial charge in [0, 0.05) is 13.0 Å². The largest absolute Gasteiger partial charge is 0.397 e. The van der Waals surface area contributed by atoms with Crippen LogP contribution in [0.25, 0.3) is 11.2 Å². The first-order valence-electron chi connectivity index (χ1n) is 5.83. The minimum absolute atomic E-state index is 0.612. The summed E-state index contributed by atoms with van der Waals surface area (Å²) in [7, 11) is 2.05. The molecule has 84 valence electrons. The minimum atomic E-state index is 0.612. The van der Waals surface area contributed by atoms with Gasteiger partial charge in [0.2, 0.25) is 0 Å². The quantitative estimate of drug-likeness (QED) is 0.795. The van der Waals surface area contributed by atoms with Gasteiger partial charge in [-0.2, -0.15) is 0 Å². The average Bonchev–Trinajstić information content (AvgIpc) is 2.86. The maximum Gasteiger partial charge on any atom is 0.159 e. The highest BCUT2D eigenvalue weighted by Gasteiger charge is 2.22. The Morgan fingerprint density at radius 1 is 1.38 bits per heavy atom. The van der Waals surface area contributed by atoms with Crippen molar-refractivity contribution in [2.75, 3.05) is 5.73 Å². The van der Waals surface area contributed by atoms with E-state index in [1.807, 2.05) is 13.1 Å². The molecule has 4 nitrogen and oxygen atoms in total. The van der Waals surface area contributed by atoms with Gasteiger partial charge >= 0.3 is 0 Å². The van der Waals surface area contributed by atoms with Gasteiger partial charge in [-0.15, -0.1) is 0 Å². The SMILES string of the molecule is Cn1c(C2CCCC2)nc2cc(N)cnc21. The number of nitrogens with two attached hydrogens (primary N) is 1. The van der Waals surface area contributed by atoms with Crippen LogP contribution in [0.3, 0.4) is 0 Å². The Kier molecular flexibility index (Phi) is 2.09. The molecule has 0 amide bonds. The van der Waals surface area contributed by atoms with Crippen LogP contribution >= 0.6 is 0 Å². The highest BCUT2D eigenvalue weighted by molar-refractivity contribution is 5.75. The lowest BCUT2D eigenvalue weighted by Gasteiger charge is -2.07. The molecule has 2 aromatic rings. The molecule has 4 heteroatoms. The number of anilines is 1. The van der Waals surface area contributed by atoms with E-state index in [2.05, 4.69) is 14.5 Å². The molecular weight excluding hydrogens is 200 g/mol. The number of hydrogen-bond donors (Lipinski definition) is 1. The van der Waals surface area contributed by atoms with Crippen LogP contribution in [0.5, 0.6) is 0 Å². The molecule has 0 radical (unpaired) electrons. The zero-order valence-corrected chi connectivity index (χ0v) is 9.48. The third-order valence-corrected chi connectivity index (χ3v) is 3.49. The van der Waals surface area contributed by atoms with E-state index in [0.29, 0.717) is 11.6 Å². The smallest absolute Gasteiger partial charge is 0.159 e. The molecule has 0 unspecified atom stereocenters. The van der Waals surface area contributed by atoms with Crippen molar-refractivity contribution in [2.45, 2.75) is 31.6 Å². The van der Waals surface area contributed by atoms with Gasteiger partial charge in [-0.3, -0.25) is 0 Å². The molecule has 0 saturated heterocycles. The Hall–Kier alpha value is -1.58. The number of pyridine rings is 1. The Labute approximate surface area is 94.5 Å². The standard InChI is InChI=1S/C12H16N4/c1-16-11(8-4-2-3-5-8)15-10-6-9(13)7-14-12(10)16/h6-8H,2-5,13H2,1H3. The zero-order chi connectivity index (χ0) is 11.1. The maximum absolute atomic E-state index is 5.72. The van der Waals surface area contributed by atoms with Gasteiger partial charge in [0.25, 0.3) is 0 Å². The molecule has 2 aromatic heterocycles. The van der Waals surface area contributed by atoms with Gasteiger partial charge in [0.1, 0.15) is 11.3 Å². The number of hydrogen-bond acceptors (Lipinski definition) is 3. The van der Waals surface area contributed by atoms with Crippen molar-refractivity contribution >= 4 is 16.9 Å². The third-order valence-electron chi connectivity index (χ3n) is 3.49. The molecule has 16 heavy (non-hydrogen) atoms. The van der Waals surface area contributed by atoms with Crippen LogP contribution in [0.1, 0.15) is 37.4 Å². The van der Waals surface area contributed by atoms with Crippen LogP contribution in [0.2, 0.25) is 0 Å². The lowest BCUT2D eigenvalue weighted by atomic mass is 10.1. The fourth-order valence-electron chi connectivity index (χ4n) is 2.66. The summed E-state index contributed by atoms with van der Waals surface area (Å²) in [5.41, 5.74) is 8.27. The van der Waals surface area contributed by atoms with E-state index in [1.165, 1.54) is 31.5 Å². The second-order valence-electron chi connectivity index (χ2n) is 4.62. The summed E-state index contributed by atoms with van der Waals surface area (Å²) in [6, 6.07) is 1.90. The summed E-state index contributed by atoms with van der Waals surface area (Å²) in [5, 5.41) is 0. The van der Waals surface area contributed by atoms with E-state index in [9.17, 15) is 0 Å². The summed E-state index contributed by atoms with van der Waals surface area (Å²) in [6.45, 7) is 0. The van der Waals surface area contributed by atoms with Crippen LogP contribution in [0.15, 0.2) is 12.3 Å². The molecule has 3 rings (SSSR count). The number of aryl methyl sites for hydroxylation is 1. The number of nitrogen functional groups attached to an aromatic ring is 1. The number of fused-ring (bicyclic) bond motifs is 1. The predicted molar refractivity (Wildman–Crippen MR) is 64.1 cm³/mol. The molecule has 2 heterocycles. The summed E-state index contributed by atoms with van der Waals surface area (Å²) in [5.74, 6) is 1.78. The van der Waals surface area contributed by atoms with Crippen molar-refractivity contribution in [3.63, 3.8) is 0 Å². The molecule has 2 N–H and O–H groups in total. The molecule has 1 aliphatic carbocycles.